The zero-order valence-corrected chi connectivity index (χ0v) is 18.4. The minimum Gasteiger partial charge on any atom is -0.465 e. The second-order valence-corrected chi connectivity index (χ2v) is 7.67. The first-order valence-corrected chi connectivity index (χ1v) is 10.2. The average Bonchev–Trinajstić information content (AvgIpc) is 3.26. The first kappa shape index (κ1) is 22.3. The third-order valence-electron chi connectivity index (χ3n) is 4.76. The maximum atomic E-state index is 12.9. The summed E-state index contributed by atoms with van der Waals surface area (Å²) in [6.07, 6.45) is 1.24. The first-order valence-electron chi connectivity index (χ1n) is 9.43. The lowest BCUT2D eigenvalue weighted by atomic mass is 10.1. The van der Waals surface area contributed by atoms with Gasteiger partial charge in [0.05, 0.1) is 23.4 Å². The van der Waals surface area contributed by atoms with E-state index in [0.29, 0.717) is 16.3 Å². The third-order valence-corrected chi connectivity index (χ3v) is 5.32. The Hall–Kier alpha value is -3.88. The van der Waals surface area contributed by atoms with E-state index in [1.165, 1.54) is 49.6 Å². The fourth-order valence-corrected chi connectivity index (χ4v) is 3.54. The summed E-state index contributed by atoms with van der Waals surface area (Å²) in [5, 5.41) is 2.74. The molecule has 166 valence electrons. The van der Waals surface area contributed by atoms with Gasteiger partial charge in [-0.3, -0.25) is 14.9 Å². The molecule has 0 unspecified atom stereocenters. The molecule has 1 saturated heterocycles. The number of nitrogens with one attached hydrogen (secondary N) is 1. The number of barbiturate groups is 1. The number of methoxy groups -OCH3 is 1. The highest BCUT2D eigenvalue weighted by Gasteiger charge is 2.37. The molecule has 4 rings (SSSR count). The molecule has 33 heavy (non-hydrogen) atoms. The number of hydrogen-bond acceptors (Lipinski definition) is 6. The third kappa shape index (κ3) is 4.39. The van der Waals surface area contributed by atoms with Crippen LogP contribution in [0.1, 0.15) is 16.1 Å². The largest absolute Gasteiger partial charge is 0.465 e. The predicted octanol–water partition coefficient (Wildman–Crippen LogP) is 4.71. The number of amides is 4. The van der Waals surface area contributed by atoms with Crippen LogP contribution in [0.25, 0.3) is 17.4 Å². The first-order chi connectivity index (χ1) is 15.8. The highest BCUT2D eigenvalue weighted by atomic mass is 35.5. The van der Waals surface area contributed by atoms with Crippen LogP contribution in [0.2, 0.25) is 10.0 Å². The molecule has 0 bridgehead atoms. The summed E-state index contributed by atoms with van der Waals surface area (Å²) >= 11 is 12.0. The maximum Gasteiger partial charge on any atom is 0.339 e. The molecular formula is C23H14Cl2N2O6. The zero-order valence-electron chi connectivity index (χ0n) is 16.9. The van der Waals surface area contributed by atoms with Crippen LogP contribution in [0.3, 0.4) is 0 Å². The lowest BCUT2D eigenvalue weighted by molar-refractivity contribution is -0.122. The smallest absolute Gasteiger partial charge is 0.339 e. The van der Waals surface area contributed by atoms with Gasteiger partial charge in [0, 0.05) is 10.6 Å². The number of rotatable bonds is 4. The Kier molecular flexibility index (Phi) is 6.04. The van der Waals surface area contributed by atoms with Crippen molar-refractivity contribution in [1.82, 2.24) is 5.32 Å². The SMILES string of the molecule is COC(=O)c1ccc(-c2ccc(/C=C3\C(=O)NC(=O)N(c4ccc(Cl)cc4)C3=O)o2)cc1Cl. The van der Waals surface area contributed by atoms with Gasteiger partial charge >= 0.3 is 12.0 Å². The molecule has 0 spiro atoms. The van der Waals surface area contributed by atoms with Crippen molar-refractivity contribution in [3.8, 4) is 11.3 Å². The van der Waals surface area contributed by atoms with Crippen LogP contribution in [-0.2, 0) is 14.3 Å². The summed E-state index contributed by atoms with van der Waals surface area (Å²) < 4.78 is 10.4. The van der Waals surface area contributed by atoms with Gasteiger partial charge in [-0.15, -0.1) is 0 Å². The molecule has 4 amide bonds. The van der Waals surface area contributed by atoms with Gasteiger partial charge in [0.15, 0.2) is 0 Å². The van der Waals surface area contributed by atoms with Crippen LogP contribution in [0.5, 0.6) is 0 Å². The van der Waals surface area contributed by atoms with E-state index in [1.54, 1.807) is 18.2 Å². The van der Waals surface area contributed by atoms with Gasteiger partial charge in [-0.05, 0) is 54.6 Å². The highest BCUT2D eigenvalue weighted by Crippen LogP contribution is 2.29. The number of imide groups is 2. The monoisotopic (exact) mass is 484 g/mol. The van der Waals surface area contributed by atoms with Crippen molar-refractivity contribution < 1.29 is 28.3 Å². The van der Waals surface area contributed by atoms with E-state index in [2.05, 4.69) is 10.1 Å². The van der Waals surface area contributed by atoms with Crippen LogP contribution < -0.4 is 10.2 Å². The van der Waals surface area contributed by atoms with Crippen LogP contribution in [0.15, 0.2) is 64.6 Å². The van der Waals surface area contributed by atoms with E-state index >= 15 is 0 Å². The number of urea groups is 1. The van der Waals surface area contributed by atoms with Gasteiger partial charge in [-0.25, -0.2) is 14.5 Å². The molecule has 3 aromatic rings. The molecule has 1 N–H and O–H groups in total. The maximum absolute atomic E-state index is 12.9. The summed E-state index contributed by atoms with van der Waals surface area (Å²) in [6.45, 7) is 0. The fraction of sp³-hybridized carbons (Fsp3) is 0.0435. The molecule has 1 aliphatic rings. The van der Waals surface area contributed by atoms with E-state index in [-0.39, 0.29) is 27.6 Å². The minimum absolute atomic E-state index is 0.176. The number of ether oxygens (including phenoxy) is 1. The second kappa shape index (κ2) is 8.93. The summed E-state index contributed by atoms with van der Waals surface area (Å²) in [7, 11) is 1.25. The lowest BCUT2D eigenvalue weighted by Crippen LogP contribution is -2.54. The number of furan rings is 1. The van der Waals surface area contributed by atoms with Gasteiger partial charge in [0.1, 0.15) is 17.1 Å². The van der Waals surface area contributed by atoms with E-state index in [9.17, 15) is 19.2 Å². The van der Waals surface area contributed by atoms with Crippen molar-refractivity contribution in [2.24, 2.45) is 0 Å². The molecule has 2 aromatic carbocycles. The standard InChI is InChI=1S/C23H14Cl2N2O6/c1-32-22(30)16-8-2-12(10-18(16)25)19-9-7-15(33-19)11-17-20(28)26-23(31)27(21(17)29)14-5-3-13(24)4-6-14/h2-11H,1H3,(H,26,28,31)/b17-11+. The zero-order chi connectivity index (χ0) is 23.7. The van der Waals surface area contributed by atoms with Gasteiger partial charge < -0.3 is 9.15 Å². The van der Waals surface area contributed by atoms with Gasteiger partial charge in [-0.2, -0.15) is 0 Å². The molecule has 0 aliphatic carbocycles. The molecule has 8 nitrogen and oxygen atoms in total. The van der Waals surface area contributed by atoms with E-state index < -0.39 is 23.8 Å². The number of benzene rings is 2. The quantitative estimate of drug-likeness (QED) is 0.326. The molecule has 0 saturated carbocycles. The van der Waals surface area contributed by atoms with Gasteiger partial charge in [0.2, 0.25) is 0 Å². The Bertz CT molecular complexity index is 1330. The predicted molar refractivity (Wildman–Crippen MR) is 121 cm³/mol. The molecule has 2 heterocycles. The van der Waals surface area contributed by atoms with Crippen LogP contribution in [0, 0.1) is 0 Å². The molecule has 1 aliphatic heterocycles. The van der Waals surface area contributed by atoms with Crippen LogP contribution in [-0.4, -0.2) is 30.9 Å². The van der Waals surface area contributed by atoms with Gasteiger partial charge in [0.25, 0.3) is 11.8 Å². The van der Waals surface area contributed by atoms with Crippen molar-refractivity contribution in [2.45, 2.75) is 0 Å². The Morgan fingerprint density at radius 2 is 1.76 bits per heavy atom. The van der Waals surface area contributed by atoms with Crippen LogP contribution >= 0.6 is 23.2 Å². The van der Waals surface area contributed by atoms with Crippen molar-refractivity contribution in [3.05, 3.63) is 81.5 Å². The second-order valence-electron chi connectivity index (χ2n) is 6.82. The number of carbonyl (C=O) groups is 4. The number of anilines is 1. The number of halogens is 2. The molecule has 1 aromatic heterocycles. The summed E-state index contributed by atoms with van der Waals surface area (Å²) in [5.41, 5.74) is 0.730. The van der Waals surface area contributed by atoms with Crippen molar-refractivity contribution >= 4 is 58.8 Å². The Morgan fingerprint density at radius 3 is 2.42 bits per heavy atom. The van der Waals surface area contributed by atoms with Gasteiger partial charge in [-0.1, -0.05) is 29.3 Å². The molecule has 10 heteroatoms. The molecule has 0 radical (unpaired) electrons. The Balaban J connectivity index is 1.64. The van der Waals surface area contributed by atoms with Crippen molar-refractivity contribution in [3.63, 3.8) is 0 Å². The van der Waals surface area contributed by atoms with E-state index in [4.69, 9.17) is 27.6 Å². The topological polar surface area (TPSA) is 106 Å². The number of carbonyl (C=O) groups excluding carboxylic acids is 4. The summed E-state index contributed by atoms with van der Waals surface area (Å²) in [6, 6.07) is 13.0. The normalized spacial score (nSPS) is 15.1. The summed E-state index contributed by atoms with van der Waals surface area (Å²) in [4.78, 5) is 50.0. The fourth-order valence-electron chi connectivity index (χ4n) is 3.15. The van der Waals surface area contributed by atoms with E-state index in [0.717, 1.165) is 4.90 Å². The highest BCUT2D eigenvalue weighted by molar-refractivity contribution is 6.39. The molecule has 1 fully saturated rings. The molecular weight excluding hydrogens is 471 g/mol. The Labute approximate surface area is 197 Å². The average molecular weight is 485 g/mol. The number of nitrogens with zero attached hydrogens (tertiary/aromatic N) is 1. The summed E-state index contributed by atoms with van der Waals surface area (Å²) in [5.74, 6) is -1.65. The lowest BCUT2D eigenvalue weighted by Gasteiger charge is -2.26. The number of hydrogen-bond donors (Lipinski definition) is 1. The number of esters is 1. The van der Waals surface area contributed by atoms with Crippen LogP contribution in [0.4, 0.5) is 10.5 Å². The van der Waals surface area contributed by atoms with E-state index in [1.807, 2.05) is 0 Å². The Morgan fingerprint density at radius 1 is 1.03 bits per heavy atom. The minimum atomic E-state index is -0.870. The van der Waals surface area contributed by atoms with Crippen molar-refractivity contribution in [1.29, 1.82) is 0 Å². The molecule has 0 atom stereocenters. The van der Waals surface area contributed by atoms with Crippen molar-refractivity contribution in [2.75, 3.05) is 12.0 Å².